The van der Waals surface area contributed by atoms with Gasteiger partial charge in [-0.05, 0) is 61.1 Å². The van der Waals surface area contributed by atoms with Crippen molar-refractivity contribution in [3.8, 4) is 5.69 Å². The minimum atomic E-state index is -0.0425. The summed E-state index contributed by atoms with van der Waals surface area (Å²) in [5, 5.41) is 4.94. The second kappa shape index (κ2) is 8.95. The number of pyridine rings is 1. The molecule has 1 aliphatic heterocycles. The molecule has 2 aromatic heterocycles. The average molecular weight is 427 g/mol. The summed E-state index contributed by atoms with van der Waals surface area (Å²) in [5.41, 5.74) is 3.12. The van der Waals surface area contributed by atoms with Gasteiger partial charge in [-0.25, -0.2) is 0 Å². The maximum absolute atomic E-state index is 6.25. The van der Waals surface area contributed by atoms with Crippen LogP contribution in [0.5, 0.6) is 0 Å². The second-order valence-electron chi connectivity index (χ2n) is 6.95. The fourth-order valence-electron chi connectivity index (χ4n) is 3.84. The molecule has 0 spiro atoms. The largest absolute Gasteiger partial charge is 0.385 e. The van der Waals surface area contributed by atoms with E-state index in [0.29, 0.717) is 11.6 Å². The minimum absolute atomic E-state index is 0.00300. The van der Waals surface area contributed by atoms with Gasteiger partial charge in [0.15, 0.2) is 5.11 Å². The van der Waals surface area contributed by atoms with Gasteiger partial charge in [-0.2, -0.15) is 0 Å². The third-order valence-electron chi connectivity index (χ3n) is 5.11. The van der Waals surface area contributed by atoms with E-state index in [9.17, 15) is 0 Å². The SMILES string of the molecule is COCCCN1C(=S)N[C@H](c2ccccn2)[C@H]1c1cccn1-c1cccc(Cl)c1. The Labute approximate surface area is 181 Å². The zero-order chi connectivity index (χ0) is 20.2. The Morgan fingerprint density at radius 3 is 2.83 bits per heavy atom. The van der Waals surface area contributed by atoms with Crippen molar-refractivity contribution in [3.05, 3.63) is 83.4 Å². The smallest absolute Gasteiger partial charge is 0.170 e. The summed E-state index contributed by atoms with van der Waals surface area (Å²) < 4.78 is 7.43. The molecule has 7 heteroatoms. The molecule has 0 radical (unpaired) electrons. The Morgan fingerprint density at radius 1 is 1.17 bits per heavy atom. The number of halogens is 1. The zero-order valence-electron chi connectivity index (χ0n) is 16.2. The van der Waals surface area contributed by atoms with Crippen molar-refractivity contribution in [2.24, 2.45) is 0 Å². The molecule has 1 aliphatic rings. The number of thiocarbonyl (C=S) groups is 1. The lowest BCUT2D eigenvalue weighted by molar-refractivity contribution is 0.180. The number of benzene rings is 1. The van der Waals surface area contributed by atoms with Crippen molar-refractivity contribution in [3.63, 3.8) is 0 Å². The first-order chi connectivity index (χ1) is 14.2. The van der Waals surface area contributed by atoms with Crippen LogP contribution in [0.25, 0.3) is 5.69 Å². The number of hydrogen-bond donors (Lipinski definition) is 1. The normalized spacial score (nSPS) is 18.8. The van der Waals surface area contributed by atoms with Crippen molar-refractivity contribution in [2.45, 2.75) is 18.5 Å². The molecule has 1 fully saturated rings. The van der Waals surface area contributed by atoms with Crippen molar-refractivity contribution >= 4 is 28.9 Å². The van der Waals surface area contributed by atoms with E-state index in [0.717, 1.165) is 35.2 Å². The van der Waals surface area contributed by atoms with Crippen LogP contribution in [0.4, 0.5) is 0 Å². The van der Waals surface area contributed by atoms with Gasteiger partial charge in [0.25, 0.3) is 0 Å². The number of nitrogens with one attached hydrogen (secondary N) is 1. The second-order valence-corrected chi connectivity index (χ2v) is 7.77. The van der Waals surface area contributed by atoms with Crippen molar-refractivity contribution in [1.29, 1.82) is 0 Å². The van der Waals surface area contributed by atoms with Crippen molar-refractivity contribution < 1.29 is 4.74 Å². The van der Waals surface area contributed by atoms with Crippen LogP contribution in [-0.2, 0) is 4.74 Å². The van der Waals surface area contributed by atoms with Crippen molar-refractivity contribution in [2.75, 3.05) is 20.3 Å². The molecule has 0 amide bonds. The highest BCUT2D eigenvalue weighted by Gasteiger charge is 2.40. The van der Waals surface area contributed by atoms with Gasteiger partial charge in [0, 0.05) is 49.1 Å². The van der Waals surface area contributed by atoms with Gasteiger partial charge >= 0.3 is 0 Å². The third-order valence-corrected chi connectivity index (χ3v) is 5.70. The first-order valence-corrected chi connectivity index (χ1v) is 10.4. The van der Waals surface area contributed by atoms with E-state index in [1.165, 1.54) is 0 Å². The van der Waals surface area contributed by atoms with E-state index in [4.69, 9.17) is 28.6 Å². The van der Waals surface area contributed by atoms with Crippen LogP contribution in [0.15, 0.2) is 67.0 Å². The predicted octanol–water partition coefficient (Wildman–Crippen LogP) is 4.53. The summed E-state index contributed by atoms with van der Waals surface area (Å²) in [7, 11) is 1.72. The molecule has 150 valence electrons. The highest BCUT2D eigenvalue weighted by Crippen LogP contribution is 2.39. The van der Waals surface area contributed by atoms with E-state index in [1.807, 2.05) is 42.6 Å². The first kappa shape index (κ1) is 19.9. The van der Waals surface area contributed by atoms with Crippen LogP contribution in [0, 0.1) is 0 Å². The summed E-state index contributed by atoms with van der Waals surface area (Å²) in [6.45, 7) is 1.49. The van der Waals surface area contributed by atoms with Gasteiger partial charge in [0.05, 0.1) is 17.8 Å². The number of ether oxygens (including phenoxy) is 1. The molecule has 1 aromatic carbocycles. The fourth-order valence-corrected chi connectivity index (χ4v) is 4.36. The quantitative estimate of drug-likeness (QED) is 0.444. The molecule has 0 saturated carbocycles. The molecule has 1 saturated heterocycles. The maximum atomic E-state index is 6.25. The van der Waals surface area contributed by atoms with Crippen LogP contribution in [0.2, 0.25) is 5.02 Å². The Morgan fingerprint density at radius 2 is 2.07 bits per heavy atom. The number of aromatic nitrogens is 2. The van der Waals surface area contributed by atoms with E-state index in [2.05, 4.69) is 44.2 Å². The van der Waals surface area contributed by atoms with Crippen LogP contribution >= 0.6 is 23.8 Å². The standard InChI is InChI=1S/C22H23ClN4OS/c1-28-14-6-13-27-21(20(25-22(27)29)18-9-2-3-11-24-18)19-10-5-12-26(19)17-8-4-7-16(23)15-17/h2-5,7-12,15,20-21H,6,13-14H2,1H3,(H,25,29)/t20-,21-/m1/s1. The van der Waals surface area contributed by atoms with E-state index >= 15 is 0 Å². The Kier molecular flexibility index (Phi) is 6.13. The molecule has 2 atom stereocenters. The fraction of sp³-hybridized carbons (Fsp3) is 0.273. The molecule has 0 aliphatic carbocycles. The average Bonchev–Trinajstić information content (AvgIpc) is 3.33. The number of hydrogen-bond acceptors (Lipinski definition) is 3. The lowest BCUT2D eigenvalue weighted by atomic mass is 10.0. The predicted molar refractivity (Wildman–Crippen MR) is 119 cm³/mol. The molecule has 0 unspecified atom stereocenters. The monoisotopic (exact) mass is 426 g/mol. The van der Waals surface area contributed by atoms with E-state index in [1.54, 1.807) is 7.11 Å². The van der Waals surface area contributed by atoms with Gasteiger partial charge in [0.1, 0.15) is 0 Å². The summed E-state index contributed by atoms with van der Waals surface area (Å²) in [6.07, 6.45) is 4.77. The van der Waals surface area contributed by atoms with Crippen LogP contribution < -0.4 is 5.32 Å². The van der Waals surface area contributed by atoms with Gasteiger partial charge < -0.3 is 19.5 Å². The molecule has 4 rings (SSSR count). The number of rotatable bonds is 7. The summed E-state index contributed by atoms with van der Waals surface area (Å²) >= 11 is 12.0. The molecule has 3 heterocycles. The lowest BCUT2D eigenvalue weighted by Gasteiger charge is -2.29. The summed E-state index contributed by atoms with van der Waals surface area (Å²) in [6, 6.07) is 18.0. The van der Waals surface area contributed by atoms with E-state index in [-0.39, 0.29) is 12.1 Å². The Bertz CT molecular complexity index is 978. The van der Waals surface area contributed by atoms with Crippen LogP contribution in [-0.4, -0.2) is 39.8 Å². The first-order valence-electron chi connectivity index (χ1n) is 9.59. The van der Waals surface area contributed by atoms with Gasteiger partial charge in [0.2, 0.25) is 0 Å². The number of methoxy groups -OCH3 is 1. The molecule has 5 nitrogen and oxygen atoms in total. The molecule has 3 aromatic rings. The Hall–Kier alpha value is -2.41. The third kappa shape index (κ3) is 4.15. The highest BCUT2D eigenvalue weighted by molar-refractivity contribution is 7.80. The minimum Gasteiger partial charge on any atom is -0.385 e. The molecular weight excluding hydrogens is 404 g/mol. The van der Waals surface area contributed by atoms with Crippen molar-refractivity contribution in [1.82, 2.24) is 19.8 Å². The number of nitrogens with zero attached hydrogens (tertiary/aromatic N) is 3. The topological polar surface area (TPSA) is 42.3 Å². The van der Waals surface area contributed by atoms with Gasteiger partial charge in [-0.3, -0.25) is 4.98 Å². The lowest BCUT2D eigenvalue weighted by Crippen LogP contribution is -2.32. The molecule has 29 heavy (non-hydrogen) atoms. The van der Waals surface area contributed by atoms with Crippen LogP contribution in [0.1, 0.15) is 29.9 Å². The van der Waals surface area contributed by atoms with Gasteiger partial charge in [-0.15, -0.1) is 0 Å². The Balaban J connectivity index is 1.76. The highest BCUT2D eigenvalue weighted by atomic mass is 35.5. The summed E-state index contributed by atoms with van der Waals surface area (Å²) in [4.78, 5) is 6.84. The molecular formula is C22H23ClN4OS. The zero-order valence-corrected chi connectivity index (χ0v) is 17.7. The van der Waals surface area contributed by atoms with E-state index < -0.39 is 0 Å². The van der Waals surface area contributed by atoms with Gasteiger partial charge in [-0.1, -0.05) is 23.7 Å². The maximum Gasteiger partial charge on any atom is 0.170 e. The molecule has 1 N–H and O–H groups in total. The molecule has 0 bridgehead atoms. The van der Waals surface area contributed by atoms with Crippen LogP contribution in [0.3, 0.4) is 0 Å². The summed E-state index contributed by atoms with van der Waals surface area (Å²) in [5.74, 6) is 0.